The first kappa shape index (κ1) is 13.3. The van der Waals surface area contributed by atoms with Crippen molar-refractivity contribution in [2.45, 2.75) is 32.7 Å². The van der Waals surface area contributed by atoms with Gasteiger partial charge in [-0.25, -0.2) is 4.98 Å². The molecule has 1 heterocycles. The van der Waals surface area contributed by atoms with Crippen LogP contribution in [0, 0.1) is 0 Å². The molecule has 0 unspecified atom stereocenters. The van der Waals surface area contributed by atoms with Crippen LogP contribution in [0.5, 0.6) is 0 Å². The van der Waals surface area contributed by atoms with E-state index in [1.54, 1.807) is 6.20 Å². The van der Waals surface area contributed by atoms with Crippen LogP contribution in [0.2, 0.25) is 5.02 Å². The third kappa shape index (κ3) is 3.09. The zero-order valence-corrected chi connectivity index (χ0v) is 10.6. The molecule has 0 fully saturated rings. The smallest absolute Gasteiger partial charge is 0.147 e. The molecule has 0 spiro atoms. The van der Waals surface area contributed by atoms with Gasteiger partial charge in [0.25, 0.3) is 0 Å². The van der Waals surface area contributed by atoms with Crippen molar-refractivity contribution in [3.63, 3.8) is 0 Å². The molecule has 0 aliphatic heterocycles. The van der Waals surface area contributed by atoms with Gasteiger partial charge in [0.1, 0.15) is 5.82 Å². The summed E-state index contributed by atoms with van der Waals surface area (Å²) < 4.78 is 0. The maximum atomic E-state index is 9.12. The average Bonchev–Trinajstić information content (AvgIpc) is 2.30. The van der Waals surface area contributed by atoms with Gasteiger partial charge in [0, 0.05) is 18.8 Å². The quantitative estimate of drug-likeness (QED) is 0.833. The molecule has 0 amide bonds. The van der Waals surface area contributed by atoms with Gasteiger partial charge in [-0.1, -0.05) is 25.4 Å². The number of hydrogen-bond donors (Lipinski definition) is 1. The number of anilines is 1. The van der Waals surface area contributed by atoms with Gasteiger partial charge in [0.2, 0.25) is 0 Å². The summed E-state index contributed by atoms with van der Waals surface area (Å²) in [7, 11) is 0. The Morgan fingerprint density at radius 3 is 2.62 bits per heavy atom. The van der Waals surface area contributed by atoms with Crippen molar-refractivity contribution in [2.24, 2.45) is 0 Å². The maximum Gasteiger partial charge on any atom is 0.147 e. The van der Waals surface area contributed by atoms with E-state index < -0.39 is 0 Å². The van der Waals surface area contributed by atoms with Crippen LogP contribution in [-0.4, -0.2) is 29.3 Å². The molecule has 0 aliphatic carbocycles. The highest BCUT2D eigenvalue weighted by molar-refractivity contribution is 6.32. The fourth-order valence-corrected chi connectivity index (χ4v) is 2.12. The van der Waals surface area contributed by atoms with Crippen LogP contribution < -0.4 is 4.90 Å². The third-order valence-electron chi connectivity index (χ3n) is 2.74. The Kier molecular flexibility index (Phi) is 5.56. The van der Waals surface area contributed by atoms with E-state index in [0.29, 0.717) is 17.6 Å². The number of nitrogens with zero attached hydrogens (tertiary/aromatic N) is 2. The summed E-state index contributed by atoms with van der Waals surface area (Å²) in [6.45, 7) is 4.96. The third-order valence-corrected chi connectivity index (χ3v) is 3.03. The first-order chi connectivity index (χ1) is 7.74. The van der Waals surface area contributed by atoms with Gasteiger partial charge in [0.05, 0.1) is 11.6 Å². The fourth-order valence-electron chi connectivity index (χ4n) is 1.89. The number of aliphatic hydroxyl groups is 1. The monoisotopic (exact) mass is 242 g/mol. The minimum atomic E-state index is 0.114. The van der Waals surface area contributed by atoms with Gasteiger partial charge in [-0.15, -0.1) is 0 Å². The van der Waals surface area contributed by atoms with Crippen LogP contribution in [-0.2, 0) is 0 Å². The van der Waals surface area contributed by atoms with Gasteiger partial charge in [-0.2, -0.15) is 0 Å². The minimum absolute atomic E-state index is 0.114. The van der Waals surface area contributed by atoms with Gasteiger partial charge < -0.3 is 10.0 Å². The van der Waals surface area contributed by atoms with E-state index in [1.165, 1.54) is 0 Å². The molecule has 1 rings (SSSR count). The molecule has 0 atom stereocenters. The van der Waals surface area contributed by atoms with E-state index in [2.05, 4.69) is 23.7 Å². The van der Waals surface area contributed by atoms with E-state index in [-0.39, 0.29) is 6.61 Å². The Hall–Kier alpha value is -0.800. The summed E-state index contributed by atoms with van der Waals surface area (Å²) in [6.07, 6.45) is 3.76. The molecule has 0 bridgehead atoms. The van der Waals surface area contributed by atoms with E-state index in [0.717, 1.165) is 18.7 Å². The second-order valence-corrected chi connectivity index (χ2v) is 4.10. The molecule has 0 saturated carbocycles. The van der Waals surface area contributed by atoms with E-state index in [1.807, 2.05) is 12.1 Å². The summed E-state index contributed by atoms with van der Waals surface area (Å²) in [5.41, 5.74) is 0. The zero-order chi connectivity index (χ0) is 12.0. The highest BCUT2D eigenvalue weighted by Gasteiger charge is 2.18. The average molecular weight is 243 g/mol. The van der Waals surface area contributed by atoms with Crippen molar-refractivity contribution in [3.05, 3.63) is 23.4 Å². The van der Waals surface area contributed by atoms with Gasteiger partial charge in [0.15, 0.2) is 0 Å². The highest BCUT2D eigenvalue weighted by atomic mass is 35.5. The molecule has 16 heavy (non-hydrogen) atoms. The number of rotatable bonds is 6. The number of hydrogen-bond acceptors (Lipinski definition) is 3. The first-order valence-electron chi connectivity index (χ1n) is 5.72. The van der Waals surface area contributed by atoms with Crippen molar-refractivity contribution < 1.29 is 5.11 Å². The summed E-state index contributed by atoms with van der Waals surface area (Å²) >= 11 is 6.13. The first-order valence-corrected chi connectivity index (χ1v) is 6.10. The predicted octanol–water partition coefficient (Wildman–Crippen LogP) is 2.72. The van der Waals surface area contributed by atoms with Crippen LogP contribution in [0.15, 0.2) is 18.3 Å². The van der Waals surface area contributed by atoms with Gasteiger partial charge >= 0.3 is 0 Å². The Bertz CT molecular complexity index is 316. The van der Waals surface area contributed by atoms with Crippen LogP contribution in [0.1, 0.15) is 26.7 Å². The zero-order valence-electron chi connectivity index (χ0n) is 9.86. The summed E-state index contributed by atoms with van der Waals surface area (Å²) in [5.74, 6) is 0.770. The Morgan fingerprint density at radius 1 is 1.44 bits per heavy atom. The highest BCUT2D eigenvalue weighted by Crippen LogP contribution is 2.25. The summed E-state index contributed by atoms with van der Waals surface area (Å²) in [6, 6.07) is 4.02. The number of halogens is 1. The molecular weight excluding hydrogens is 224 g/mol. The lowest BCUT2D eigenvalue weighted by molar-refractivity contribution is 0.295. The number of aromatic nitrogens is 1. The van der Waals surface area contributed by atoms with Crippen molar-refractivity contribution >= 4 is 17.4 Å². The molecule has 1 aromatic rings. The maximum absolute atomic E-state index is 9.12. The van der Waals surface area contributed by atoms with E-state index >= 15 is 0 Å². The minimum Gasteiger partial charge on any atom is -0.395 e. The lowest BCUT2D eigenvalue weighted by Gasteiger charge is -2.31. The molecular formula is C12H19ClN2O. The summed E-state index contributed by atoms with van der Waals surface area (Å²) in [5, 5.41) is 9.76. The van der Waals surface area contributed by atoms with E-state index in [4.69, 9.17) is 16.7 Å². The Balaban J connectivity index is 2.97. The Morgan fingerprint density at radius 2 is 2.12 bits per heavy atom. The molecule has 1 aromatic heterocycles. The molecule has 0 aromatic carbocycles. The van der Waals surface area contributed by atoms with E-state index in [9.17, 15) is 0 Å². The Labute approximate surface area is 102 Å². The molecule has 1 N–H and O–H groups in total. The topological polar surface area (TPSA) is 36.4 Å². The second-order valence-electron chi connectivity index (χ2n) is 3.70. The number of pyridine rings is 1. The molecule has 0 radical (unpaired) electrons. The molecule has 0 saturated heterocycles. The fraction of sp³-hybridized carbons (Fsp3) is 0.583. The molecule has 0 aliphatic rings. The van der Waals surface area contributed by atoms with Crippen LogP contribution in [0.4, 0.5) is 5.82 Å². The standard InChI is InChI=1S/C12H19ClN2O/c1-3-10(4-2)15(8-9-16)12-11(13)6-5-7-14-12/h5-7,10,16H,3-4,8-9H2,1-2H3. The molecule has 3 nitrogen and oxygen atoms in total. The van der Waals surface area contributed by atoms with Gasteiger partial charge in [-0.05, 0) is 25.0 Å². The van der Waals surface area contributed by atoms with Crippen molar-refractivity contribution in [1.82, 2.24) is 4.98 Å². The largest absolute Gasteiger partial charge is 0.395 e. The number of aliphatic hydroxyl groups excluding tert-OH is 1. The van der Waals surface area contributed by atoms with Crippen molar-refractivity contribution in [1.29, 1.82) is 0 Å². The predicted molar refractivity (Wildman–Crippen MR) is 68.0 cm³/mol. The molecule has 4 heteroatoms. The normalized spacial score (nSPS) is 10.8. The molecule has 90 valence electrons. The summed E-state index contributed by atoms with van der Waals surface area (Å²) in [4.78, 5) is 6.38. The SMILES string of the molecule is CCC(CC)N(CCO)c1ncccc1Cl. The lowest BCUT2D eigenvalue weighted by atomic mass is 10.1. The van der Waals surface area contributed by atoms with Crippen LogP contribution >= 0.6 is 11.6 Å². The van der Waals surface area contributed by atoms with Crippen LogP contribution in [0.25, 0.3) is 0 Å². The lowest BCUT2D eigenvalue weighted by Crippen LogP contribution is -2.37. The van der Waals surface area contributed by atoms with Crippen molar-refractivity contribution in [2.75, 3.05) is 18.1 Å². The van der Waals surface area contributed by atoms with Gasteiger partial charge in [-0.3, -0.25) is 0 Å². The second kappa shape index (κ2) is 6.71. The van der Waals surface area contributed by atoms with Crippen LogP contribution in [0.3, 0.4) is 0 Å². The van der Waals surface area contributed by atoms with Crippen molar-refractivity contribution in [3.8, 4) is 0 Å².